The number of hydrogen-bond donors (Lipinski definition) is 1. The minimum atomic E-state index is 0.314. The second-order valence-electron chi connectivity index (χ2n) is 3.98. The summed E-state index contributed by atoms with van der Waals surface area (Å²) in [5, 5.41) is 3.46. The van der Waals surface area contributed by atoms with Gasteiger partial charge in [0.2, 0.25) is 0 Å². The van der Waals surface area contributed by atoms with E-state index in [0.29, 0.717) is 6.04 Å². The molecule has 0 saturated carbocycles. The molecule has 0 spiro atoms. The van der Waals surface area contributed by atoms with Gasteiger partial charge in [0, 0.05) is 23.3 Å². The molecule has 0 fully saturated rings. The normalized spacial score (nSPS) is 12.4. The van der Waals surface area contributed by atoms with Gasteiger partial charge < -0.3 is 5.32 Å². The molecule has 0 radical (unpaired) electrons. The zero-order chi connectivity index (χ0) is 12.1. The Kier molecular flexibility index (Phi) is 4.29. The van der Waals surface area contributed by atoms with Crippen LogP contribution >= 0.6 is 15.9 Å². The summed E-state index contributed by atoms with van der Waals surface area (Å²) in [7, 11) is 0. The number of rotatable bonds is 4. The standard InChI is InChI=1S/C14H15BrN2/c1-11(12-5-4-6-13(15)9-12)17-10-14-7-2-3-8-16-14/h2-9,11,17H,10H2,1H3/t11-/m0/s1. The van der Waals surface area contributed by atoms with Gasteiger partial charge in [0.15, 0.2) is 0 Å². The second-order valence-corrected chi connectivity index (χ2v) is 4.89. The molecule has 0 aliphatic rings. The molecule has 1 heterocycles. The smallest absolute Gasteiger partial charge is 0.0541 e. The van der Waals surface area contributed by atoms with Crippen molar-refractivity contribution in [2.24, 2.45) is 0 Å². The molecule has 1 atom stereocenters. The molecule has 2 rings (SSSR count). The molecule has 1 aromatic carbocycles. The molecule has 2 nitrogen and oxygen atoms in total. The van der Waals surface area contributed by atoms with E-state index >= 15 is 0 Å². The van der Waals surface area contributed by atoms with E-state index in [-0.39, 0.29) is 0 Å². The van der Waals surface area contributed by atoms with Crippen LogP contribution in [0.5, 0.6) is 0 Å². The topological polar surface area (TPSA) is 24.9 Å². The van der Waals surface area contributed by atoms with Crippen molar-refractivity contribution in [1.29, 1.82) is 0 Å². The van der Waals surface area contributed by atoms with Gasteiger partial charge in [-0.2, -0.15) is 0 Å². The van der Waals surface area contributed by atoms with Gasteiger partial charge in [-0.1, -0.05) is 34.1 Å². The summed E-state index contributed by atoms with van der Waals surface area (Å²) in [6.07, 6.45) is 1.82. The Hall–Kier alpha value is -1.19. The van der Waals surface area contributed by atoms with Gasteiger partial charge in [-0.3, -0.25) is 4.98 Å². The summed E-state index contributed by atoms with van der Waals surface area (Å²) in [6, 6.07) is 14.6. The van der Waals surface area contributed by atoms with Gasteiger partial charge in [-0.25, -0.2) is 0 Å². The molecule has 2 aromatic rings. The van der Waals surface area contributed by atoms with Crippen molar-refractivity contribution in [1.82, 2.24) is 10.3 Å². The van der Waals surface area contributed by atoms with Crippen molar-refractivity contribution >= 4 is 15.9 Å². The van der Waals surface area contributed by atoms with Crippen LogP contribution in [0.4, 0.5) is 0 Å². The van der Waals surface area contributed by atoms with E-state index in [0.717, 1.165) is 16.7 Å². The first-order valence-electron chi connectivity index (χ1n) is 5.64. The maximum Gasteiger partial charge on any atom is 0.0541 e. The Balaban J connectivity index is 1.96. The molecule has 0 unspecified atom stereocenters. The Bertz CT molecular complexity index is 471. The van der Waals surface area contributed by atoms with Crippen molar-refractivity contribution in [3.05, 3.63) is 64.4 Å². The summed E-state index contributed by atoms with van der Waals surface area (Å²) >= 11 is 3.49. The number of halogens is 1. The highest BCUT2D eigenvalue weighted by molar-refractivity contribution is 9.10. The fourth-order valence-electron chi connectivity index (χ4n) is 1.65. The van der Waals surface area contributed by atoms with Crippen LogP contribution in [-0.2, 0) is 6.54 Å². The van der Waals surface area contributed by atoms with Crippen molar-refractivity contribution in [3.8, 4) is 0 Å². The van der Waals surface area contributed by atoms with Crippen LogP contribution in [0.2, 0.25) is 0 Å². The third-order valence-electron chi connectivity index (χ3n) is 2.66. The molecule has 88 valence electrons. The Morgan fingerprint density at radius 1 is 1.24 bits per heavy atom. The summed E-state index contributed by atoms with van der Waals surface area (Å²) in [5.41, 5.74) is 2.34. The van der Waals surface area contributed by atoms with Crippen LogP contribution in [0.3, 0.4) is 0 Å². The van der Waals surface area contributed by atoms with Gasteiger partial charge in [0.25, 0.3) is 0 Å². The SMILES string of the molecule is C[C@H](NCc1ccccn1)c1cccc(Br)c1. The van der Waals surface area contributed by atoms with Crippen molar-refractivity contribution < 1.29 is 0 Å². The fraction of sp³-hybridized carbons (Fsp3) is 0.214. The fourth-order valence-corrected chi connectivity index (χ4v) is 2.07. The zero-order valence-electron chi connectivity index (χ0n) is 9.73. The highest BCUT2D eigenvalue weighted by Crippen LogP contribution is 2.17. The summed E-state index contributed by atoms with van der Waals surface area (Å²) in [6.45, 7) is 2.94. The lowest BCUT2D eigenvalue weighted by molar-refractivity contribution is 0.567. The van der Waals surface area contributed by atoms with E-state index in [2.05, 4.69) is 51.4 Å². The molecule has 3 heteroatoms. The van der Waals surface area contributed by atoms with E-state index in [1.54, 1.807) is 0 Å². The quantitative estimate of drug-likeness (QED) is 0.929. The number of aromatic nitrogens is 1. The molecule has 0 aliphatic heterocycles. The highest BCUT2D eigenvalue weighted by atomic mass is 79.9. The number of benzene rings is 1. The minimum absolute atomic E-state index is 0.314. The van der Waals surface area contributed by atoms with E-state index in [9.17, 15) is 0 Å². The lowest BCUT2D eigenvalue weighted by Gasteiger charge is -2.14. The average molecular weight is 291 g/mol. The molecule has 17 heavy (non-hydrogen) atoms. The summed E-state index contributed by atoms with van der Waals surface area (Å²) < 4.78 is 1.11. The van der Waals surface area contributed by atoms with Gasteiger partial charge in [-0.15, -0.1) is 0 Å². The van der Waals surface area contributed by atoms with Crippen molar-refractivity contribution in [2.75, 3.05) is 0 Å². The second kappa shape index (κ2) is 5.94. The third kappa shape index (κ3) is 3.65. The van der Waals surface area contributed by atoms with E-state index in [1.807, 2.05) is 30.5 Å². The molecule has 0 amide bonds. The lowest BCUT2D eigenvalue weighted by atomic mass is 10.1. The highest BCUT2D eigenvalue weighted by Gasteiger charge is 2.05. The Labute approximate surface area is 110 Å². The van der Waals surface area contributed by atoms with Crippen molar-refractivity contribution in [2.45, 2.75) is 19.5 Å². The van der Waals surface area contributed by atoms with Crippen LogP contribution in [0, 0.1) is 0 Å². The van der Waals surface area contributed by atoms with Gasteiger partial charge >= 0.3 is 0 Å². The largest absolute Gasteiger partial charge is 0.305 e. The number of pyridine rings is 1. The van der Waals surface area contributed by atoms with E-state index in [1.165, 1.54) is 5.56 Å². The predicted molar refractivity (Wildman–Crippen MR) is 73.6 cm³/mol. The van der Waals surface area contributed by atoms with Crippen LogP contribution in [0.25, 0.3) is 0 Å². The molecule has 0 saturated heterocycles. The van der Waals surface area contributed by atoms with Gasteiger partial charge in [-0.05, 0) is 36.8 Å². The first-order valence-corrected chi connectivity index (χ1v) is 6.44. The predicted octanol–water partition coefficient (Wildman–Crippen LogP) is 3.69. The molecule has 0 aliphatic carbocycles. The van der Waals surface area contributed by atoms with Crippen LogP contribution in [0.1, 0.15) is 24.2 Å². The maximum atomic E-state index is 4.29. The molecule has 1 aromatic heterocycles. The summed E-state index contributed by atoms with van der Waals surface area (Å²) in [4.78, 5) is 4.29. The first-order chi connectivity index (χ1) is 8.25. The average Bonchev–Trinajstić information content (AvgIpc) is 2.37. The van der Waals surface area contributed by atoms with E-state index < -0.39 is 0 Å². The van der Waals surface area contributed by atoms with Gasteiger partial charge in [0.1, 0.15) is 0 Å². The Morgan fingerprint density at radius 3 is 2.82 bits per heavy atom. The molecular formula is C14H15BrN2. The number of hydrogen-bond acceptors (Lipinski definition) is 2. The number of nitrogens with zero attached hydrogens (tertiary/aromatic N) is 1. The zero-order valence-corrected chi connectivity index (χ0v) is 11.3. The number of nitrogens with one attached hydrogen (secondary N) is 1. The van der Waals surface area contributed by atoms with Crippen molar-refractivity contribution in [3.63, 3.8) is 0 Å². The lowest BCUT2D eigenvalue weighted by Crippen LogP contribution is -2.18. The van der Waals surface area contributed by atoms with Crippen LogP contribution < -0.4 is 5.32 Å². The monoisotopic (exact) mass is 290 g/mol. The first kappa shape index (κ1) is 12.3. The van der Waals surface area contributed by atoms with Crippen LogP contribution in [-0.4, -0.2) is 4.98 Å². The van der Waals surface area contributed by atoms with Gasteiger partial charge in [0.05, 0.1) is 5.69 Å². The third-order valence-corrected chi connectivity index (χ3v) is 3.16. The Morgan fingerprint density at radius 2 is 2.12 bits per heavy atom. The minimum Gasteiger partial charge on any atom is -0.305 e. The molecule has 0 bridgehead atoms. The van der Waals surface area contributed by atoms with Crippen LogP contribution in [0.15, 0.2) is 53.1 Å². The summed E-state index contributed by atoms with van der Waals surface area (Å²) in [5.74, 6) is 0. The maximum absolute atomic E-state index is 4.29. The molecule has 1 N–H and O–H groups in total. The van der Waals surface area contributed by atoms with E-state index in [4.69, 9.17) is 0 Å². The molecular weight excluding hydrogens is 276 g/mol.